The zero-order valence-electron chi connectivity index (χ0n) is 10.3. The highest BCUT2D eigenvalue weighted by atomic mass is 32.1. The van der Waals surface area contributed by atoms with Gasteiger partial charge in [-0.15, -0.1) is 22.7 Å². The predicted molar refractivity (Wildman–Crippen MR) is 79.7 cm³/mol. The Hall–Kier alpha value is -1.16. The molecule has 0 saturated heterocycles. The van der Waals surface area contributed by atoms with Gasteiger partial charge in [-0.3, -0.25) is 0 Å². The number of rotatable bonds is 2. The van der Waals surface area contributed by atoms with E-state index in [-0.39, 0.29) is 0 Å². The van der Waals surface area contributed by atoms with E-state index in [2.05, 4.69) is 38.1 Å². The predicted octanol–water partition coefficient (Wildman–Crippen LogP) is 4.66. The smallest absolute Gasteiger partial charge is 0.114 e. The van der Waals surface area contributed by atoms with Gasteiger partial charge >= 0.3 is 0 Å². The summed E-state index contributed by atoms with van der Waals surface area (Å²) in [5, 5.41) is 11.7. The Bertz CT molecular complexity index is 660. The Kier molecular flexibility index (Phi) is 2.98. The van der Waals surface area contributed by atoms with Crippen molar-refractivity contribution in [2.75, 3.05) is 0 Å². The Morgan fingerprint density at radius 1 is 1.06 bits per heavy atom. The first kappa shape index (κ1) is 11.9. The minimum Gasteiger partial charge on any atom is -0.383 e. The highest BCUT2D eigenvalue weighted by Gasteiger charge is 2.17. The molecule has 1 N–H and O–H groups in total. The normalized spacial score (nSPS) is 13.1. The zero-order valence-corrected chi connectivity index (χ0v) is 11.9. The second-order valence-electron chi connectivity index (χ2n) is 4.46. The molecule has 2 heterocycles. The van der Waals surface area contributed by atoms with Gasteiger partial charge in [0.05, 0.1) is 0 Å². The maximum Gasteiger partial charge on any atom is 0.114 e. The fourth-order valence-corrected chi connectivity index (χ4v) is 4.24. The van der Waals surface area contributed by atoms with Gasteiger partial charge in [0.1, 0.15) is 6.10 Å². The third kappa shape index (κ3) is 1.99. The van der Waals surface area contributed by atoms with Gasteiger partial charge < -0.3 is 5.11 Å². The average molecular weight is 274 g/mol. The minimum absolute atomic E-state index is 0.493. The molecule has 3 heteroatoms. The summed E-state index contributed by atoms with van der Waals surface area (Å²) in [7, 11) is 0. The molecule has 0 amide bonds. The lowest BCUT2D eigenvalue weighted by molar-refractivity contribution is 0.224. The van der Waals surface area contributed by atoms with E-state index in [9.17, 15) is 5.11 Å². The molecule has 0 aliphatic carbocycles. The molecular formula is C15H14OS2. The lowest BCUT2D eigenvalue weighted by atomic mass is 10.1. The van der Waals surface area contributed by atoms with Crippen molar-refractivity contribution in [3.05, 3.63) is 56.6 Å². The lowest BCUT2D eigenvalue weighted by Gasteiger charge is -2.07. The third-order valence-corrected chi connectivity index (χ3v) is 5.24. The maximum absolute atomic E-state index is 10.5. The van der Waals surface area contributed by atoms with Crippen LogP contribution in [0.1, 0.15) is 26.3 Å². The van der Waals surface area contributed by atoms with Crippen LogP contribution in [-0.2, 0) is 0 Å². The van der Waals surface area contributed by atoms with E-state index >= 15 is 0 Å². The summed E-state index contributed by atoms with van der Waals surface area (Å²) in [5.74, 6) is 0. The van der Waals surface area contributed by atoms with Gasteiger partial charge in [0.15, 0.2) is 0 Å². The van der Waals surface area contributed by atoms with Crippen LogP contribution in [0.2, 0.25) is 0 Å². The van der Waals surface area contributed by atoms with Crippen LogP contribution in [0.3, 0.4) is 0 Å². The highest BCUT2D eigenvalue weighted by Crippen LogP contribution is 2.36. The van der Waals surface area contributed by atoms with Crippen LogP contribution in [0.4, 0.5) is 0 Å². The van der Waals surface area contributed by atoms with E-state index in [1.165, 1.54) is 19.8 Å². The van der Waals surface area contributed by atoms with Crippen molar-refractivity contribution in [3.63, 3.8) is 0 Å². The van der Waals surface area contributed by atoms with E-state index in [1.807, 2.05) is 12.1 Å². The highest BCUT2D eigenvalue weighted by molar-refractivity contribution is 7.19. The second kappa shape index (κ2) is 4.50. The van der Waals surface area contributed by atoms with Crippen LogP contribution in [0.15, 0.2) is 36.4 Å². The molecule has 0 spiro atoms. The Morgan fingerprint density at radius 3 is 2.50 bits per heavy atom. The third-order valence-electron chi connectivity index (χ3n) is 3.09. The van der Waals surface area contributed by atoms with E-state index in [0.717, 1.165) is 10.4 Å². The van der Waals surface area contributed by atoms with Gasteiger partial charge in [-0.05, 0) is 43.0 Å². The SMILES string of the molecule is Cc1cc(C(O)c2cc3ccccc3s2)c(C)s1. The summed E-state index contributed by atoms with van der Waals surface area (Å²) in [6.45, 7) is 4.16. The summed E-state index contributed by atoms with van der Waals surface area (Å²) in [5.41, 5.74) is 1.05. The fourth-order valence-electron chi connectivity index (χ4n) is 2.21. The van der Waals surface area contributed by atoms with Crippen LogP contribution in [0, 0.1) is 13.8 Å². The van der Waals surface area contributed by atoms with Crippen molar-refractivity contribution < 1.29 is 5.11 Å². The molecule has 0 radical (unpaired) electrons. The van der Waals surface area contributed by atoms with Gasteiger partial charge in [0, 0.05) is 19.3 Å². The maximum atomic E-state index is 10.5. The fraction of sp³-hybridized carbons (Fsp3) is 0.200. The largest absolute Gasteiger partial charge is 0.383 e. The van der Waals surface area contributed by atoms with E-state index < -0.39 is 6.10 Å². The van der Waals surface area contributed by atoms with Crippen LogP contribution in [0.25, 0.3) is 10.1 Å². The molecule has 1 unspecified atom stereocenters. The van der Waals surface area contributed by atoms with E-state index in [1.54, 1.807) is 22.7 Å². The molecule has 18 heavy (non-hydrogen) atoms. The molecule has 0 aliphatic heterocycles. The average Bonchev–Trinajstić information content (AvgIpc) is 2.91. The zero-order chi connectivity index (χ0) is 12.7. The Balaban J connectivity index is 2.06. The van der Waals surface area contributed by atoms with E-state index in [4.69, 9.17) is 0 Å². The Morgan fingerprint density at radius 2 is 1.83 bits per heavy atom. The molecule has 1 atom stereocenters. The number of aryl methyl sites for hydroxylation is 2. The van der Waals surface area contributed by atoms with Crippen molar-refractivity contribution in [3.8, 4) is 0 Å². The van der Waals surface area contributed by atoms with Crippen LogP contribution in [-0.4, -0.2) is 5.11 Å². The standard InChI is InChI=1S/C15H14OS2/c1-9-7-12(10(2)17-9)15(16)14-8-11-5-3-4-6-13(11)18-14/h3-8,15-16H,1-2H3. The van der Waals surface area contributed by atoms with Gasteiger partial charge in [0.2, 0.25) is 0 Å². The summed E-state index contributed by atoms with van der Waals surface area (Å²) < 4.78 is 1.23. The summed E-state index contributed by atoms with van der Waals surface area (Å²) in [6.07, 6.45) is -0.493. The van der Waals surface area contributed by atoms with Crippen molar-refractivity contribution in [1.82, 2.24) is 0 Å². The quantitative estimate of drug-likeness (QED) is 0.720. The summed E-state index contributed by atoms with van der Waals surface area (Å²) >= 11 is 3.42. The second-order valence-corrected chi connectivity index (χ2v) is 7.03. The molecule has 0 fully saturated rings. The molecular weight excluding hydrogens is 260 g/mol. The molecule has 0 aliphatic rings. The van der Waals surface area contributed by atoms with Gasteiger partial charge in [-0.25, -0.2) is 0 Å². The summed E-state index contributed by atoms with van der Waals surface area (Å²) in [6, 6.07) is 12.4. The number of aliphatic hydroxyl groups excluding tert-OH is 1. The van der Waals surface area contributed by atoms with Crippen molar-refractivity contribution in [2.24, 2.45) is 0 Å². The van der Waals surface area contributed by atoms with Crippen LogP contribution < -0.4 is 0 Å². The molecule has 92 valence electrons. The first-order valence-electron chi connectivity index (χ1n) is 5.88. The number of hydrogen-bond acceptors (Lipinski definition) is 3. The van der Waals surface area contributed by atoms with Gasteiger partial charge in [0.25, 0.3) is 0 Å². The number of hydrogen-bond donors (Lipinski definition) is 1. The molecule has 0 bridgehead atoms. The molecule has 3 rings (SSSR count). The number of benzene rings is 1. The van der Waals surface area contributed by atoms with Crippen LogP contribution >= 0.6 is 22.7 Å². The minimum atomic E-state index is -0.493. The van der Waals surface area contributed by atoms with Crippen molar-refractivity contribution >= 4 is 32.8 Å². The molecule has 1 nitrogen and oxygen atoms in total. The Labute approximate surface area is 114 Å². The lowest BCUT2D eigenvalue weighted by Crippen LogP contribution is -1.96. The molecule has 3 aromatic rings. The number of thiophene rings is 2. The van der Waals surface area contributed by atoms with Crippen molar-refractivity contribution in [2.45, 2.75) is 20.0 Å². The van der Waals surface area contributed by atoms with Crippen molar-refractivity contribution in [1.29, 1.82) is 0 Å². The monoisotopic (exact) mass is 274 g/mol. The first-order chi connectivity index (χ1) is 8.65. The number of aliphatic hydroxyl groups is 1. The summed E-state index contributed by atoms with van der Waals surface area (Å²) in [4.78, 5) is 3.48. The number of fused-ring (bicyclic) bond motifs is 1. The van der Waals surface area contributed by atoms with Gasteiger partial charge in [-0.2, -0.15) is 0 Å². The van der Waals surface area contributed by atoms with Crippen LogP contribution in [0.5, 0.6) is 0 Å². The molecule has 2 aromatic heterocycles. The molecule has 0 saturated carbocycles. The molecule has 1 aromatic carbocycles. The van der Waals surface area contributed by atoms with Gasteiger partial charge in [-0.1, -0.05) is 18.2 Å². The topological polar surface area (TPSA) is 20.2 Å². The first-order valence-corrected chi connectivity index (χ1v) is 7.52. The van der Waals surface area contributed by atoms with E-state index in [0.29, 0.717) is 0 Å².